The van der Waals surface area contributed by atoms with Gasteiger partial charge < -0.3 is 10.3 Å². The van der Waals surface area contributed by atoms with Crippen LogP contribution in [0.2, 0.25) is 0 Å². The summed E-state index contributed by atoms with van der Waals surface area (Å²) >= 11 is 0. The van der Waals surface area contributed by atoms with E-state index in [9.17, 15) is 14.7 Å². The van der Waals surface area contributed by atoms with Crippen LogP contribution in [0.1, 0.15) is 12.5 Å². The largest absolute Gasteiger partial charge is 0.399 e. The van der Waals surface area contributed by atoms with Crippen LogP contribution in [-0.4, -0.2) is 11.1 Å². The Morgan fingerprint density at radius 1 is 1.23 bits per heavy atom. The Kier molecular flexibility index (Phi) is 4.96. The molecular weight excluding hydrogens is 303 g/mol. The lowest BCUT2D eigenvalue weighted by Crippen LogP contribution is -2.15. The number of rotatable bonds is 6. The van der Waals surface area contributed by atoms with Gasteiger partial charge in [0.25, 0.3) is 5.69 Å². The fraction of sp³-hybridized carbons (Fsp3) is 0.200. The first kappa shape index (κ1) is 16.2. The fourth-order valence-electron chi connectivity index (χ4n) is 2.05. The quantitative estimate of drug-likeness (QED) is 0.381. The Hall–Kier alpha value is -2.17. The standard InChI is InChI=1S/C15H17N2O4P/c1-2-22(20,21-11-12-6-4-3-5-7-12)15-10-13(16)8-9-14(15)17(18)19/h3-10H,2,11,16H2,1H3. The first-order chi connectivity index (χ1) is 10.5. The van der Waals surface area contributed by atoms with Crippen molar-refractivity contribution in [3.8, 4) is 0 Å². The molecule has 1 unspecified atom stereocenters. The molecule has 7 heteroatoms. The lowest BCUT2D eigenvalue weighted by molar-refractivity contribution is -0.383. The van der Waals surface area contributed by atoms with E-state index in [0.29, 0.717) is 5.69 Å². The average Bonchev–Trinajstić information content (AvgIpc) is 2.53. The van der Waals surface area contributed by atoms with Gasteiger partial charge in [0.1, 0.15) is 5.30 Å². The Labute approximate surface area is 128 Å². The van der Waals surface area contributed by atoms with Gasteiger partial charge in [0.15, 0.2) is 0 Å². The molecule has 0 radical (unpaired) electrons. The van der Waals surface area contributed by atoms with Crippen LogP contribution in [0.4, 0.5) is 11.4 Å². The summed E-state index contributed by atoms with van der Waals surface area (Å²) in [7, 11) is -3.36. The van der Waals surface area contributed by atoms with Gasteiger partial charge in [-0.2, -0.15) is 0 Å². The molecule has 0 saturated carbocycles. The van der Waals surface area contributed by atoms with Crippen LogP contribution in [0.5, 0.6) is 0 Å². The molecule has 2 aromatic rings. The highest BCUT2D eigenvalue weighted by molar-refractivity contribution is 7.67. The second-order valence-electron chi connectivity index (χ2n) is 4.75. The summed E-state index contributed by atoms with van der Waals surface area (Å²) in [6.45, 7) is 1.80. The van der Waals surface area contributed by atoms with Crippen molar-refractivity contribution >= 4 is 24.0 Å². The van der Waals surface area contributed by atoms with Gasteiger partial charge in [-0.1, -0.05) is 37.3 Å². The van der Waals surface area contributed by atoms with Crippen molar-refractivity contribution in [1.82, 2.24) is 0 Å². The second kappa shape index (κ2) is 6.73. The van der Waals surface area contributed by atoms with Crippen molar-refractivity contribution in [3.05, 3.63) is 64.2 Å². The van der Waals surface area contributed by atoms with Crippen LogP contribution in [0, 0.1) is 10.1 Å². The van der Waals surface area contributed by atoms with Gasteiger partial charge in [-0.05, 0) is 17.7 Å². The van der Waals surface area contributed by atoms with Crippen LogP contribution in [0.25, 0.3) is 0 Å². The summed E-state index contributed by atoms with van der Waals surface area (Å²) in [4.78, 5) is 10.6. The third-order valence-electron chi connectivity index (χ3n) is 3.26. The number of nitro benzene ring substituents is 1. The topological polar surface area (TPSA) is 95.5 Å². The molecule has 0 fully saturated rings. The molecule has 2 rings (SSSR count). The Bertz CT molecular complexity index is 719. The molecule has 0 aromatic heterocycles. The minimum absolute atomic E-state index is 0.0657. The van der Waals surface area contributed by atoms with E-state index in [-0.39, 0.29) is 23.8 Å². The lowest BCUT2D eigenvalue weighted by atomic mass is 10.2. The number of nitrogens with zero attached hydrogens (tertiary/aromatic N) is 1. The van der Waals surface area contributed by atoms with Crippen LogP contribution >= 0.6 is 7.37 Å². The third-order valence-corrected chi connectivity index (χ3v) is 5.73. The molecule has 0 amide bonds. The SMILES string of the molecule is CCP(=O)(OCc1ccccc1)c1cc(N)ccc1[N+](=O)[O-]. The molecule has 2 aromatic carbocycles. The maximum atomic E-state index is 13.1. The van der Waals surface area contributed by atoms with E-state index in [1.165, 1.54) is 18.2 Å². The van der Waals surface area contributed by atoms with E-state index in [1.54, 1.807) is 6.92 Å². The van der Waals surface area contributed by atoms with Gasteiger partial charge in [-0.15, -0.1) is 0 Å². The zero-order chi connectivity index (χ0) is 16.2. The number of anilines is 1. The van der Waals surface area contributed by atoms with E-state index < -0.39 is 12.3 Å². The van der Waals surface area contributed by atoms with Crippen molar-refractivity contribution in [3.63, 3.8) is 0 Å². The second-order valence-corrected chi connectivity index (χ2v) is 7.47. The van der Waals surface area contributed by atoms with E-state index in [2.05, 4.69) is 0 Å². The predicted octanol–water partition coefficient (Wildman–Crippen LogP) is 3.32. The minimum Gasteiger partial charge on any atom is -0.399 e. The van der Waals surface area contributed by atoms with Crippen LogP contribution < -0.4 is 11.0 Å². The van der Waals surface area contributed by atoms with E-state index in [4.69, 9.17) is 10.3 Å². The summed E-state index contributed by atoms with van der Waals surface area (Å²) in [5, 5.41) is 11.2. The summed E-state index contributed by atoms with van der Waals surface area (Å²) in [6, 6.07) is 13.3. The molecule has 6 nitrogen and oxygen atoms in total. The first-order valence-corrected chi connectivity index (χ1v) is 8.59. The zero-order valence-corrected chi connectivity index (χ0v) is 13.0. The molecule has 1 atom stereocenters. The minimum atomic E-state index is -3.36. The molecule has 2 N–H and O–H groups in total. The van der Waals surface area contributed by atoms with Gasteiger partial charge >= 0.3 is 0 Å². The van der Waals surface area contributed by atoms with Gasteiger partial charge in [0.2, 0.25) is 7.37 Å². The third kappa shape index (κ3) is 3.53. The summed E-state index contributed by atoms with van der Waals surface area (Å²) < 4.78 is 18.6. The average molecular weight is 320 g/mol. The normalized spacial score (nSPS) is 13.5. The Morgan fingerprint density at radius 2 is 1.91 bits per heavy atom. The van der Waals surface area contributed by atoms with E-state index in [0.717, 1.165) is 5.56 Å². The van der Waals surface area contributed by atoms with E-state index in [1.807, 2.05) is 30.3 Å². The maximum Gasteiger partial charge on any atom is 0.282 e. The molecule has 0 heterocycles. The van der Waals surface area contributed by atoms with Crippen molar-refractivity contribution in [2.75, 3.05) is 11.9 Å². The molecule has 0 aliphatic carbocycles. The molecule has 0 saturated heterocycles. The molecule has 0 aliphatic heterocycles. The number of nitro groups is 1. The highest BCUT2D eigenvalue weighted by atomic mass is 31.2. The smallest absolute Gasteiger partial charge is 0.282 e. The summed E-state index contributed by atoms with van der Waals surface area (Å²) in [6.07, 6.45) is 0.157. The van der Waals surface area contributed by atoms with Crippen molar-refractivity contribution in [2.45, 2.75) is 13.5 Å². The van der Waals surface area contributed by atoms with Crippen molar-refractivity contribution in [2.24, 2.45) is 0 Å². The number of nitrogen functional groups attached to an aromatic ring is 1. The summed E-state index contributed by atoms with van der Waals surface area (Å²) in [5.41, 5.74) is 6.62. The Morgan fingerprint density at radius 3 is 2.50 bits per heavy atom. The summed E-state index contributed by atoms with van der Waals surface area (Å²) in [5.74, 6) is 0. The van der Waals surface area contributed by atoms with Crippen LogP contribution in [0.15, 0.2) is 48.5 Å². The van der Waals surface area contributed by atoms with E-state index >= 15 is 0 Å². The number of nitrogens with two attached hydrogens (primary N) is 1. The van der Waals surface area contributed by atoms with Gasteiger partial charge in [-0.3, -0.25) is 14.7 Å². The molecule has 0 spiro atoms. The Balaban J connectivity index is 2.35. The molecular formula is C15H17N2O4P. The lowest BCUT2D eigenvalue weighted by Gasteiger charge is -2.17. The fourth-order valence-corrected chi connectivity index (χ4v) is 3.92. The highest BCUT2D eigenvalue weighted by Gasteiger charge is 2.32. The van der Waals surface area contributed by atoms with Gasteiger partial charge in [0.05, 0.1) is 11.5 Å². The molecule has 116 valence electrons. The number of hydrogen-bond donors (Lipinski definition) is 1. The molecule has 0 bridgehead atoms. The van der Waals surface area contributed by atoms with Crippen LogP contribution in [0.3, 0.4) is 0 Å². The molecule has 22 heavy (non-hydrogen) atoms. The van der Waals surface area contributed by atoms with Gasteiger partial charge in [-0.25, -0.2) is 0 Å². The zero-order valence-electron chi connectivity index (χ0n) is 12.1. The first-order valence-electron chi connectivity index (χ1n) is 6.78. The monoisotopic (exact) mass is 320 g/mol. The predicted molar refractivity (Wildman–Crippen MR) is 86.5 cm³/mol. The van der Waals surface area contributed by atoms with Crippen molar-refractivity contribution in [1.29, 1.82) is 0 Å². The van der Waals surface area contributed by atoms with Crippen LogP contribution in [-0.2, 0) is 15.7 Å². The molecule has 0 aliphatic rings. The maximum absolute atomic E-state index is 13.1. The van der Waals surface area contributed by atoms with Crippen molar-refractivity contribution < 1.29 is 14.0 Å². The number of hydrogen-bond acceptors (Lipinski definition) is 5. The van der Waals surface area contributed by atoms with Gasteiger partial charge in [0, 0.05) is 17.9 Å². The highest BCUT2D eigenvalue weighted by Crippen LogP contribution is 2.48. The number of benzene rings is 2.